The molecular formula is C22H26N2O2. The Hall–Kier alpha value is -2.33. The molecule has 4 rings (SSSR count). The third-order valence-electron chi connectivity index (χ3n) is 5.78. The summed E-state index contributed by atoms with van der Waals surface area (Å²) in [4.78, 5) is 15.3. The van der Waals surface area contributed by atoms with Crippen molar-refractivity contribution in [2.75, 3.05) is 7.11 Å². The molecule has 4 heteroatoms. The number of amides is 1. The summed E-state index contributed by atoms with van der Waals surface area (Å²) in [6.45, 7) is 1.02. The number of para-hydroxylation sites is 1. The van der Waals surface area contributed by atoms with E-state index < -0.39 is 0 Å². The van der Waals surface area contributed by atoms with E-state index in [1.54, 1.807) is 7.11 Å². The van der Waals surface area contributed by atoms with Crippen LogP contribution in [0.1, 0.15) is 41.6 Å². The highest BCUT2D eigenvalue weighted by Gasteiger charge is 2.41. The summed E-state index contributed by atoms with van der Waals surface area (Å²) >= 11 is 0. The van der Waals surface area contributed by atoms with Crippen molar-refractivity contribution in [2.45, 2.75) is 50.4 Å². The highest BCUT2D eigenvalue weighted by atomic mass is 16.5. The number of nitrogens with zero attached hydrogens (tertiary/aromatic N) is 1. The van der Waals surface area contributed by atoms with Crippen LogP contribution in [-0.4, -0.2) is 36.0 Å². The molecule has 1 N–H and O–H groups in total. The van der Waals surface area contributed by atoms with Crippen LogP contribution in [-0.2, 0) is 6.54 Å². The van der Waals surface area contributed by atoms with Crippen LogP contribution in [0.3, 0.4) is 0 Å². The van der Waals surface area contributed by atoms with Crippen molar-refractivity contribution >= 4 is 5.91 Å². The van der Waals surface area contributed by atoms with Crippen molar-refractivity contribution in [3.8, 4) is 5.75 Å². The molecule has 2 aliphatic heterocycles. The number of carbonyl (C=O) groups excluding carboxylic acids is 1. The minimum atomic E-state index is -0.0247. The van der Waals surface area contributed by atoms with Crippen LogP contribution in [0.15, 0.2) is 54.6 Å². The van der Waals surface area contributed by atoms with Gasteiger partial charge in [-0.15, -0.1) is 0 Å². The zero-order valence-electron chi connectivity index (χ0n) is 15.2. The topological polar surface area (TPSA) is 41.6 Å². The first-order chi connectivity index (χ1) is 12.7. The van der Waals surface area contributed by atoms with Crippen molar-refractivity contribution < 1.29 is 9.53 Å². The Morgan fingerprint density at radius 2 is 1.69 bits per heavy atom. The maximum atomic E-state index is 12.7. The summed E-state index contributed by atoms with van der Waals surface area (Å²) in [7, 11) is 1.61. The van der Waals surface area contributed by atoms with Gasteiger partial charge in [0.05, 0.1) is 12.7 Å². The molecule has 4 nitrogen and oxygen atoms in total. The lowest BCUT2D eigenvalue weighted by Gasteiger charge is -2.39. The molecule has 0 radical (unpaired) electrons. The Morgan fingerprint density at radius 1 is 1.04 bits per heavy atom. The molecule has 0 aromatic heterocycles. The molecule has 26 heavy (non-hydrogen) atoms. The van der Waals surface area contributed by atoms with Gasteiger partial charge in [0.25, 0.3) is 5.91 Å². The van der Waals surface area contributed by atoms with Gasteiger partial charge < -0.3 is 10.1 Å². The van der Waals surface area contributed by atoms with Gasteiger partial charge in [-0.05, 0) is 43.4 Å². The Bertz CT molecular complexity index is 748. The summed E-state index contributed by atoms with van der Waals surface area (Å²) < 4.78 is 5.32. The van der Waals surface area contributed by atoms with Gasteiger partial charge in [0.2, 0.25) is 0 Å². The van der Waals surface area contributed by atoms with Crippen LogP contribution in [0.4, 0.5) is 0 Å². The van der Waals surface area contributed by atoms with E-state index in [4.69, 9.17) is 4.74 Å². The number of carbonyl (C=O) groups is 1. The molecule has 1 amide bonds. The first-order valence-electron chi connectivity index (χ1n) is 9.48. The molecule has 2 aromatic carbocycles. The number of nitrogens with one attached hydrogen (secondary N) is 1. The van der Waals surface area contributed by atoms with Gasteiger partial charge in [-0.2, -0.15) is 0 Å². The normalized spacial score (nSPS) is 25.0. The maximum Gasteiger partial charge on any atom is 0.255 e. The number of methoxy groups -OCH3 is 1. The molecule has 136 valence electrons. The number of ether oxygens (including phenoxy) is 1. The van der Waals surface area contributed by atoms with E-state index in [2.05, 4.69) is 40.5 Å². The average Bonchev–Trinajstić information content (AvgIpc) is 2.90. The lowest BCUT2D eigenvalue weighted by molar-refractivity contribution is 0.0825. The predicted molar refractivity (Wildman–Crippen MR) is 102 cm³/mol. The molecule has 0 unspecified atom stereocenters. The van der Waals surface area contributed by atoms with Crippen molar-refractivity contribution in [3.05, 3.63) is 65.7 Å². The van der Waals surface area contributed by atoms with Crippen molar-refractivity contribution in [1.29, 1.82) is 0 Å². The Labute approximate surface area is 155 Å². The summed E-state index contributed by atoms with van der Waals surface area (Å²) in [6.07, 6.45) is 4.53. The third-order valence-corrected chi connectivity index (χ3v) is 5.78. The molecule has 2 aromatic rings. The number of hydrogen-bond acceptors (Lipinski definition) is 3. The number of hydrogen-bond donors (Lipinski definition) is 1. The van der Waals surface area contributed by atoms with E-state index in [1.165, 1.54) is 18.4 Å². The fourth-order valence-corrected chi connectivity index (χ4v) is 4.54. The number of rotatable bonds is 5. The summed E-state index contributed by atoms with van der Waals surface area (Å²) in [5.41, 5.74) is 2.00. The molecule has 2 fully saturated rings. The van der Waals surface area contributed by atoms with Crippen LogP contribution >= 0.6 is 0 Å². The van der Waals surface area contributed by atoms with Crippen molar-refractivity contribution in [3.63, 3.8) is 0 Å². The standard InChI is InChI=1S/C22H26N2O2/c1-26-21-10-6-5-9-20(21)22(25)23-17-13-18-11-12-19(14-17)24(18)15-16-7-3-2-4-8-16/h2-10,17-19H,11-15H2,1H3,(H,23,25)/t18-,19-/m0/s1. The summed E-state index contributed by atoms with van der Waals surface area (Å²) in [5.74, 6) is 0.609. The molecule has 2 saturated heterocycles. The van der Waals surface area contributed by atoms with Crippen molar-refractivity contribution in [2.24, 2.45) is 0 Å². The number of benzene rings is 2. The van der Waals surface area contributed by atoms with Crippen LogP contribution in [0, 0.1) is 0 Å². The second-order valence-corrected chi connectivity index (χ2v) is 7.39. The molecule has 2 atom stereocenters. The minimum Gasteiger partial charge on any atom is -0.496 e. The fourth-order valence-electron chi connectivity index (χ4n) is 4.54. The molecular weight excluding hydrogens is 324 g/mol. The molecule has 0 aliphatic carbocycles. The highest BCUT2D eigenvalue weighted by Crippen LogP contribution is 2.37. The quantitative estimate of drug-likeness (QED) is 0.895. The Morgan fingerprint density at radius 3 is 2.38 bits per heavy atom. The second-order valence-electron chi connectivity index (χ2n) is 7.39. The molecule has 0 saturated carbocycles. The third kappa shape index (κ3) is 3.47. The predicted octanol–water partition coefficient (Wildman–Crippen LogP) is 3.62. The zero-order valence-corrected chi connectivity index (χ0v) is 15.2. The van der Waals surface area contributed by atoms with E-state index in [1.807, 2.05) is 24.3 Å². The van der Waals surface area contributed by atoms with Gasteiger partial charge in [0, 0.05) is 24.7 Å². The monoisotopic (exact) mass is 350 g/mol. The Balaban J connectivity index is 1.40. The van der Waals surface area contributed by atoms with E-state index >= 15 is 0 Å². The molecule has 0 spiro atoms. The van der Waals surface area contributed by atoms with E-state index in [9.17, 15) is 4.79 Å². The first kappa shape index (κ1) is 17.1. The SMILES string of the molecule is COc1ccccc1C(=O)NC1C[C@@H]2CC[C@@H](C1)N2Cc1ccccc1. The zero-order chi connectivity index (χ0) is 17.9. The minimum absolute atomic E-state index is 0.0247. The molecule has 2 bridgehead atoms. The van der Waals surface area contributed by atoms with E-state index in [0.29, 0.717) is 23.4 Å². The van der Waals surface area contributed by atoms with Gasteiger partial charge in [-0.3, -0.25) is 9.69 Å². The molecule has 2 aliphatic rings. The number of piperidine rings is 1. The highest BCUT2D eigenvalue weighted by molar-refractivity contribution is 5.97. The first-order valence-corrected chi connectivity index (χ1v) is 9.48. The van der Waals surface area contributed by atoms with Gasteiger partial charge >= 0.3 is 0 Å². The average molecular weight is 350 g/mol. The number of fused-ring (bicyclic) bond motifs is 2. The molecule has 2 heterocycles. The van der Waals surface area contributed by atoms with Crippen LogP contribution in [0.25, 0.3) is 0 Å². The van der Waals surface area contributed by atoms with E-state index in [0.717, 1.165) is 19.4 Å². The lowest BCUT2D eigenvalue weighted by atomic mass is 9.96. The lowest BCUT2D eigenvalue weighted by Crippen LogP contribution is -2.50. The van der Waals surface area contributed by atoms with Crippen molar-refractivity contribution in [1.82, 2.24) is 10.2 Å². The maximum absolute atomic E-state index is 12.7. The summed E-state index contributed by atoms with van der Waals surface area (Å²) in [5, 5.41) is 3.25. The summed E-state index contributed by atoms with van der Waals surface area (Å²) in [6, 6.07) is 19.5. The van der Waals surface area contributed by atoms with Gasteiger partial charge in [-0.25, -0.2) is 0 Å². The largest absolute Gasteiger partial charge is 0.496 e. The van der Waals surface area contributed by atoms with Crippen LogP contribution in [0.2, 0.25) is 0 Å². The van der Waals surface area contributed by atoms with Gasteiger partial charge in [0.1, 0.15) is 5.75 Å². The fraction of sp³-hybridized carbons (Fsp3) is 0.409. The van der Waals surface area contributed by atoms with E-state index in [-0.39, 0.29) is 11.9 Å². The van der Waals surface area contributed by atoms with Crippen LogP contribution in [0.5, 0.6) is 5.75 Å². The Kier molecular flexibility index (Phi) is 4.93. The second kappa shape index (κ2) is 7.50. The van der Waals surface area contributed by atoms with Gasteiger partial charge in [-0.1, -0.05) is 42.5 Å². The van der Waals surface area contributed by atoms with Crippen LogP contribution < -0.4 is 10.1 Å². The smallest absolute Gasteiger partial charge is 0.255 e. The van der Waals surface area contributed by atoms with Gasteiger partial charge in [0.15, 0.2) is 0 Å².